The molecule has 0 aliphatic heterocycles. The highest BCUT2D eigenvalue weighted by atomic mass is 16.6. The van der Waals surface area contributed by atoms with Crippen LogP contribution in [-0.4, -0.2) is 92.4 Å². The lowest BCUT2D eigenvalue weighted by Gasteiger charge is -2.26. The van der Waals surface area contributed by atoms with Gasteiger partial charge in [0.2, 0.25) is 0 Å². The second-order valence-corrected chi connectivity index (χ2v) is 20.8. The molecule has 0 rings (SSSR count). The van der Waals surface area contributed by atoms with Gasteiger partial charge in [-0.25, -0.2) is 4.79 Å². The lowest BCUT2D eigenvalue weighted by Crippen LogP contribution is -2.37. The Labute approximate surface area is 427 Å². The molecule has 0 aromatic carbocycles. The summed E-state index contributed by atoms with van der Waals surface area (Å²) in [5, 5.41) is 0. The maximum Gasteiger partial charge on any atom is 0.410 e. The third-order valence-electron chi connectivity index (χ3n) is 13.6. The van der Waals surface area contributed by atoms with E-state index in [9.17, 15) is 19.2 Å². The monoisotopic (exact) mass is 979 g/mol. The molecule has 0 saturated heterocycles. The number of carbonyl (C=O) groups excluding carboxylic acids is 4. The minimum atomic E-state index is -0.273. The molecular weight excluding hydrogens is 865 g/mol. The maximum absolute atomic E-state index is 13.8. The number of ether oxygens (including phenoxy) is 4. The molecule has 0 bridgehead atoms. The molecule has 0 heterocycles. The minimum Gasteiger partial charge on any atom is -0.466 e. The summed E-state index contributed by atoms with van der Waals surface area (Å²) in [6, 6.07) is 0. The van der Waals surface area contributed by atoms with Crippen molar-refractivity contribution in [2.75, 3.05) is 40.3 Å². The van der Waals surface area contributed by atoms with Gasteiger partial charge in [0.25, 0.3) is 0 Å². The van der Waals surface area contributed by atoms with Crippen molar-refractivity contribution >= 4 is 24.0 Å². The Morgan fingerprint density at radius 3 is 1.03 bits per heavy atom. The predicted molar refractivity (Wildman–Crippen MR) is 289 cm³/mol. The molecule has 0 atom stereocenters. The van der Waals surface area contributed by atoms with Gasteiger partial charge < -0.3 is 28.7 Å². The number of amides is 1. The molecule has 1 amide bonds. The van der Waals surface area contributed by atoms with E-state index in [-0.39, 0.29) is 42.3 Å². The smallest absolute Gasteiger partial charge is 0.410 e. The van der Waals surface area contributed by atoms with Gasteiger partial charge in [-0.05, 0) is 130 Å². The van der Waals surface area contributed by atoms with E-state index in [1.54, 1.807) is 4.90 Å². The molecule has 10 nitrogen and oxygen atoms in total. The average molecular weight is 980 g/mol. The van der Waals surface area contributed by atoms with E-state index in [1.165, 1.54) is 77.0 Å². The zero-order chi connectivity index (χ0) is 50.8. The quantitative estimate of drug-likeness (QED) is 0.0334. The molecule has 0 fully saturated rings. The highest BCUT2D eigenvalue weighted by Crippen LogP contribution is 2.22. The molecule has 0 aliphatic rings. The van der Waals surface area contributed by atoms with Gasteiger partial charge in [-0.3, -0.25) is 14.4 Å². The number of hydrogen-bond acceptors (Lipinski definition) is 9. The summed E-state index contributed by atoms with van der Waals surface area (Å²) >= 11 is 0. The van der Waals surface area contributed by atoms with Gasteiger partial charge in [0.15, 0.2) is 0 Å². The van der Waals surface area contributed by atoms with E-state index in [0.29, 0.717) is 45.4 Å². The Morgan fingerprint density at radius 2 is 0.652 bits per heavy atom. The first-order valence-corrected chi connectivity index (χ1v) is 29.7. The van der Waals surface area contributed by atoms with Gasteiger partial charge >= 0.3 is 24.0 Å². The van der Waals surface area contributed by atoms with Gasteiger partial charge in [0, 0.05) is 32.4 Å². The van der Waals surface area contributed by atoms with E-state index in [4.69, 9.17) is 18.9 Å². The summed E-state index contributed by atoms with van der Waals surface area (Å²) in [7, 11) is 4.08. The zero-order valence-corrected chi connectivity index (χ0v) is 46.7. The van der Waals surface area contributed by atoms with Crippen LogP contribution in [0.5, 0.6) is 0 Å². The summed E-state index contributed by atoms with van der Waals surface area (Å²) in [5.74, 6) is -0.251. The predicted octanol–water partition coefficient (Wildman–Crippen LogP) is 16.8. The van der Waals surface area contributed by atoms with Crippen molar-refractivity contribution in [1.82, 2.24) is 9.80 Å². The van der Waals surface area contributed by atoms with Gasteiger partial charge in [-0.2, -0.15) is 0 Å². The molecule has 0 aromatic rings. The van der Waals surface area contributed by atoms with Crippen molar-refractivity contribution in [2.24, 2.45) is 0 Å². The van der Waals surface area contributed by atoms with Crippen LogP contribution in [-0.2, 0) is 33.3 Å². The van der Waals surface area contributed by atoms with Crippen molar-refractivity contribution < 1.29 is 38.1 Å². The molecule has 0 aromatic heterocycles. The molecule has 0 saturated carbocycles. The molecule has 0 radical (unpaired) electrons. The number of carbonyl (C=O) groups is 4. The Kier molecular flexibility index (Phi) is 48.8. The third-order valence-corrected chi connectivity index (χ3v) is 13.6. The first-order valence-electron chi connectivity index (χ1n) is 29.7. The average Bonchev–Trinajstić information content (AvgIpc) is 3.32. The molecule has 69 heavy (non-hydrogen) atoms. The minimum absolute atomic E-state index is 0.0247. The van der Waals surface area contributed by atoms with E-state index >= 15 is 0 Å². The van der Waals surface area contributed by atoms with Crippen molar-refractivity contribution in [2.45, 2.75) is 316 Å². The van der Waals surface area contributed by atoms with Crippen LogP contribution < -0.4 is 0 Å². The topological polar surface area (TPSA) is 112 Å². The van der Waals surface area contributed by atoms with Gasteiger partial charge in [-0.15, -0.1) is 0 Å². The summed E-state index contributed by atoms with van der Waals surface area (Å²) < 4.78 is 23.7. The highest BCUT2D eigenvalue weighted by Gasteiger charge is 2.21. The fraction of sp³-hybridized carbons (Fsp3) is 0.932. The van der Waals surface area contributed by atoms with E-state index < -0.39 is 0 Å². The number of unbranched alkanes of at least 4 members (excludes halogenated alkanes) is 23. The zero-order valence-electron chi connectivity index (χ0n) is 46.7. The number of nitrogens with zero attached hydrogens (tertiary/aromatic N) is 2. The molecule has 0 aliphatic carbocycles. The van der Waals surface area contributed by atoms with Gasteiger partial charge in [0.05, 0.1) is 6.61 Å². The largest absolute Gasteiger partial charge is 0.466 e. The Bertz CT molecular complexity index is 1090. The number of hydrogen-bond donors (Lipinski definition) is 0. The summed E-state index contributed by atoms with van der Waals surface area (Å²) in [6.07, 6.45) is 41.6. The van der Waals surface area contributed by atoms with Crippen molar-refractivity contribution in [3.8, 4) is 0 Å². The third kappa shape index (κ3) is 45.3. The van der Waals surface area contributed by atoms with E-state index in [0.717, 1.165) is 167 Å². The fourth-order valence-corrected chi connectivity index (χ4v) is 9.07. The van der Waals surface area contributed by atoms with Crippen LogP contribution in [0.15, 0.2) is 0 Å². The second kappa shape index (κ2) is 50.6. The lowest BCUT2D eigenvalue weighted by molar-refractivity contribution is -0.151. The van der Waals surface area contributed by atoms with Crippen LogP contribution in [0.2, 0.25) is 0 Å². The standard InChI is InChI=1S/C59H114N2O8/c1-8-13-18-30-40-53(41-31-19-14-9-2)67-57(63)46-36-28-24-22-26-34-44-55(69-59(65)61(51-39-49-60(6)7)50-38-48-56(62)66-52-17-12-5)45-35-27-23-25-29-37-47-58(64)68-54(42-32-20-15-10-3)43-33-21-16-11-4/h53-55H,8-52H2,1-7H3. The highest BCUT2D eigenvalue weighted by molar-refractivity contribution is 5.70. The van der Waals surface area contributed by atoms with Crippen LogP contribution in [0.4, 0.5) is 4.79 Å². The maximum atomic E-state index is 13.8. The van der Waals surface area contributed by atoms with Crippen LogP contribution in [0.3, 0.4) is 0 Å². The first kappa shape index (κ1) is 66.6. The summed E-state index contributed by atoms with van der Waals surface area (Å²) in [5.41, 5.74) is 0. The van der Waals surface area contributed by atoms with Crippen LogP contribution in [0, 0.1) is 0 Å². The van der Waals surface area contributed by atoms with Crippen LogP contribution in [0.25, 0.3) is 0 Å². The molecule has 0 N–H and O–H groups in total. The fourth-order valence-electron chi connectivity index (χ4n) is 9.07. The molecule has 10 heteroatoms. The van der Waals surface area contributed by atoms with E-state index in [2.05, 4.69) is 39.5 Å². The van der Waals surface area contributed by atoms with Crippen LogP contribution in [0.1, 0.15) is 298 Å². The second-order valence-electron chi connectivity index (χ2n) is 20.8. The van der Waals surface area contributed by atoms with E-state index in [1.807, 2.05) is 14.1 Å². The molecular formula is C59H114N2O8. The Balaban J connectivity index is 5.13. The van der Waals surface area contributed by atoms with Crippen molar-refractivity contribution in [3.05, 3.63) is 0 Å². The molecule has 408 valence electrons. The number of rotatable bonds is 52. The van der Waals surface area contributed by atoms with Gasteiger partial charge in [-0.1, -0.05) is 169 Å². The Morgan fingerprint density at radius 1 is 0.333 bits per heavy atom. The summed E-state index contributed by atoms with van der Waals surface area (Å²) in [6.45, 7) is 13.4. The Hall–Kier alpha value is -2.36. The SMILES string of the molecule is CCCCCCC(CCCCCC)OC(=O)CCCCCCCCC(CCCCCCCCC(=O)OC(CCCCCC)CCCCCC)OC(=O)N(CCCC(=O)OCCCC)CCCN(C)C. The lowest BCUT2D eigenvalue weighted by atomic mass is 10.0. The summed E-state index contributed by atoms with van der Waals surface area (Å²) in [4.78, 5) is 55.7. The van der Waals surface area contributed by atoms with Crippen molar-refractivity contribution in [3.63, 3.8) is 0 Å². The molecule has 0 spiro atoms. The number of esters is 3. The van der Waals surface area contributed by atoms with Crippen LogP contribution >= 0.6 is 0 Å². The van der Waals surface area contributed by atoms with Crippen molar-refractivity contribution in [1.29, 1.82) is 0 Å². The van der Waals surface area contributed by atoms with Gasteiger partial charge in [0.1, 0.15) is 18.3 Å². The molecule has 0 unspecified atom stereocenters. The normalized spacial score (nSPS) is 11.6. The first-order chi connectivity index (χ1) is 33.6.